The highest BCUT2D eigenvalue weighted by Crippen LogP contribution is 2.23. The predicted octanol–water partition coefficient (Wildman–Crippen LogP) is 2.28. The van der Waals surface area contributed by atoms with Crippen molar-refractivity contribution in [1.82, 2.24) is 5.32 Å². The Morgan fingerprint density at radius 1 is 1.33 bits per heavy atom. The van der Waals surface area contributed by atoms with E-state index in [9.17, 15) is 4.79 Å². The molecule has 1 amide bonds. The van der Waals surface area contributed by atoms with E-state index in [1.807, 2.05) is 36.4 Å². The third kappa shape index (κ3) is 3.09. The van der Waals surface area contributed by atoms with Crippen LogP contribution in [0.5, 0.6) is 0 Å². The van der Waals surface area contributed by atoms with Crippen molar-refractivity contribution in [3.05, 3.63) is 53.0 Å². The third-order valence-electron chi connectivity index (χ3n) is 2.14. The number of amides is 1. The van der Waals surface area contributed by atoms with Gasteiger partial charge in [-0.1, -0.05) is 42.5 Å². The summed E-state index contributed by atoms with van der Waals surface area (Å²) in [6, 6.07) is 9.78. The number of hydrogen-bond acceptors (Lipinski definition) is 4. The van der Waals surface area contributed by atoms with Gasteiger partial charge in [0.15, 0.2) is 5.17 Å². The van der Waals surface area contributed by atoms with Crippen LogP contribution >= 0.6 is 11.8 Å². The van der Waals surface area contributed by atoms with Crippen LogP contribution in [0.4, 0.5) is 0 Å². The molecule has 1 aromatic carbocycles. The number of nitriles is 1. The summed E-state index contributed by atoms with van der Waals surface area (Å²) in [4.78, 5) is 15.5. The standard InChI is InChI=1S/C13H9N3OS/c14-9-15-13-16-12(17)11(18-13)8-4-7-10-5-2-1-3-6-10/h1-8H,(H,15,16,17). The Bertz CT molecular complexity index is 582. The first-order valence-corrected chi connectivity index (χ1v) is 6.00. The van der Waals surface area contributed by atoms with Gasteiger partial charge in [0, 0.05) is 0 Å². The molecule has 0 spiro atoms. The molecule has 5 heteroatoms. The molecule has 0 atom stereocenters. The fourth-order valence-corrected chi connectivity index (χ4v) is 2.08. The summed E-state index contributed by atoms with van der Waals surface area (Å²) >= 11 is 1.16. The number of aliphatic imine (C=N–C) groups is 1. The molecular formula is C13H9N3OS. The van der Waals surface area contributed by atoms with Gasteiger partial charge in [-0.2, -0.15) is 5.26 Å². The van der Waals surface area contributed by atoms with Crippen LogP contribution in [0.25, 0.3) is 6.08 Å². The van der Waals surface area contributed by atoms with Gasteiger partial charge >= 0.3 is 0 Å². The molecule has 0 aromatic heterocycles. The molecule has 1 aliphatic rings. The van der Waals surface area contributed by atoms with Gasteiger partial charge in [-0.15, -0.1) is 4.99 Å². The van der Waals surface area contributed by atoms with Crippen molar-refractivity contribution in [2.75, 3.05) is 0 Å². The van der Waals surface area contributed by atoms with Gasteiger partial charge in [-0.3, -0.25) is 10.1 Å². The maximum atomic E-state index is 11.5. The summed E-state index contributed by atoms with van der Waals surface area (Å²) in [7, 11) is 0. The van der Waals surface area contributed by atoms with Crippen molar-refractivity contribution in [1.29, 1.82) is 5.26 Å². The molecule has 0 unspecified atom stereocenters. The molecule has 1 aromatic rings. The van der Waals surface area contributed by atoms with Gasteiger partial charge in [-0.05, 0) is 23.4 Å². The van der Waals surface area contributed by atoms with E-state index in [0.717, 1.165) is 17.3 Å². The summed E-state index contributed by atoms with van der Waals surface area (Å²) in [5.41, 5.74) is 1.06. The second kappa shape index (κ2) is 5.84. The Morgan fingerprint density at radius 3 is 2.83 bits per heavy atom. The van der Waals surface area contributed by atoms with E-state index in [4.69, 9.17) is 5.26 Å². The van der Waals surface area contributed by atoms with Crippen LogP contribution in [-0.2, 0) is 4.79 Å². The Labute approximate surface area is 109 Å². The molecule has 0 radical (unpaired) electrons. The Morgan fingerprint density at radius 2 is 2.11 bits per heavy atom. The van der Waals surface area contributed by atoms with E-state index in [1.165, 1.54) is 0 Å². The van der Waals surface area contributed by atoms with E-state index >= 15 is 0 Å². The molecule has 1 aliphatic heterocycles. The lowest BCUT2D eigenvalue weighted by Gasteiger charge is -1.89. The molecule has 88 valence electrons. The van der Waals surface area contributed by atoms with Crippen LogP contribution in [0.1, 0.15) is 5.56 Å². The number of amidine groups is 1. The number of hydrogen-bond donors (Lipinski definition) is 1. The first-order valence-electron chi connectivity index (χ1n) is 5.19. The number of rotatable bonds is 2. The molecule has 0 aliphatic carbocycles. The predicted molar refractivity (Wildman–Crippen MR) is 72.3 cm³/mol. The lowest BCUT2D eigenvalue weighted by atomic mass is 10.2. The Kier molecular flexibility index (Phi) is 3.94. The van der Waals surface area contributed by atoms with Crippen LogP contribution in [0.3, 0.4) is 0 Å². The second-order valence-electron chi connectivity index (χ2n) is 3.37. The quantitative estimate of drug-likeness (QED) is 0.651. The maximum Gasteiger partial charge on any atom is 0.264 e. The van der Waals surface area contributed by atoms with Gasteiger partial charge in [0.25, 0.3) is 5.91 Å². The fraction of sp³-hybridized carbons (Fsp3) is 0. The third-order valence-corrected chi connectivity index (χ3v) is 3.07. The van der Waals surface area contributed by atoms with Crippen LogP contribution in [0, 0.1) is 11.5 Å². The van der Waals surface area contributed by atoms with Gasteiger partial charge in [0.05, 0.1) is 4.91 Å². The minimum atomic E-state index is -0.230. The fourth-order valence-electron chi connectivity index (χ4n) is 1.35. The van der Waals surface area contributed by atoms with Crippen molar-refractivity contribution in [3.8, 4) is 6.19 Å². The number of allylic oxidation sites excluding steroid dienone is 2. The van der Waals surface area contributed by atoms with Crippen LogP contribution < -0.4 is 5.32 Å². The van der Waals surface area contributed by atoms with E-state index in [1.54, 1.807) is 18.3 Å². The number of thioether (sulfide) groups is 1. The zero-order valence-electron chi connectivity index (χ0n) is 9.33. The summed E-state index contributed by atoms with van der Waals surface area (Å²) in [6.07, 6.45) is 7.04. The lowest BCUT2D eigenvalue weighted by Crippen LogP contribution is -2.19. The average molecular weight is 255 g/mol. The average Bonchev–Trinajstić information content (AvgIpc) is 2.72. The molecule has 0 saturated carbocycles. The SMILES string of the molecule is N#CN=C1NC(=O)C(=CC=Cc2ccccc2)S1. The maximum absolute atomic E-state index is 11.5. The largest absolute Gasteiger partial charge is 0.300 e. The smallest absolute Gasteiger partial charge is 0.264 e. The highest BCUT2D eigenvalue weighted by molar-refractivity contribution is 8.18. The molecule has 4 nitrogen and oxygen atoms in total. The van der Waals surface area contributed by atoms with Crippen molar-refractivity contribution in [2.24, 2.45) is 4.99 Å². The van der Waals surface area contributed by atoms with Crippen molar-refractivity contribution >= 4 is 28.9 Å². The monoisotopic (exact) mass is 255 g/mol. The number of nitrogens with one attached hydrogen (secondary N) is 1. The first-order chi connectivity index (χ1) is 8.79. The Balaban J connectivity index is 2.07. The van der Waals surface area contributed by atoms with Crippen LogP contribution in [0.15, 0.2) is 52.4 Å². The van der Waals surface area contributed by atoms with E-state index < -0.39 is 0 Å². The Hall–Kier alpha value is -2.32. The molecule has 0 bridgehead atoms. The zero-order chi connectivity index (χ0) is 12.8. The number of carbonyl (C=O) groups is 1. The summed E-state index contributed by atoms with van der Waals surface area (Å²) in [5.74, 6) is -0.230. The first kappa shape index (κ1) is 12.1. The topological polar surface area (TPSA) is 65.2 Å². The molecule has 1 N–H and O–H groups in total. The van der Waals surface area contributed by atoms with Gasteiger partial charge in [0.2, 0.25) is 6.19 Å². The molecule has 2 rings (SSSR count). The van der Waals surface area contributed by atoms with E-state index in [0.29, 0.717) is 10.1 Å². The molecule has 1 heterocycles. The molecular weight excluding hydrogens is 246 g/mol. The number of carbonyl (C=O) groups excluding carboxylic acids is 1. The number of benzene rings is 1. The van der Waals surface area contributed by atoms with Crippen LogP contribution in [0.2, 0.25) is 0 Å². The molecule has 1 fully saturated rings. The van der Waals surface area contributed by atoms with Gasteiger partial charge < -0.3 is 0 Å². The minimum Gasteiger partial charge on any atom is -0.300 e. The van der Waals surface area contributed by atoms with Gasteiger partial charge in [-0.25, -0.2) is 0 Å². The molecule has 18 heavy (non-hydrogen) atoms. The zero-order valence-corrected chi connectivity index (χ0v) is 10.1. The van der Waals surface area contributed by atoms with Crippen molar-refractivity contribution in [3.63, 3.8) is 0 Å². The van der Waals surface area contributed by atoms with Crippen molar-refractivity contribution in [2.45, 2.75) is 0 Å². The minimum absolute atomic E-state index is 0.230. The second-order valence-corrected chi connectivity index (χ2v) is 4.40. The van der Waals surface area contributed by atoms with Crippen LogP contribution in [-0.4, -0.2) is 11.1 Å². The lowest BCUT2D eigenvalue weighted by molar-refractivity contribution is -0.115. The normalized spacial score (nSPS) is 19.4. The summed E-state index contributed by atoms with van der Waals surface area (Å²) < 4.78 is 0. The highest BCUT2D eigenvalue weighted by atomic mass is 32.2. The molecule has 1 saturated heterocycles. The van der Waals surface area contributed by atoms with E-state index in [2.05, 4.69) is 10.3 Å². The van der Waals surface area contributed by atoms with Crippen molar-refractivity contribution < 1.29 is 4.79 Å². The highest BCUT2D eigenvalue weighted by Gasteiger charge is 2.22. The summed E-state index contributed by atoms with van der Waals surface area (Å²) in [6.45, 7) is 0. The van der Waals surface area contributed by atoms with Gasteiger partial charge in [0.1, 0.15) is 0 Å². The summed E-state index contributed by atoms with van der Waals surface area (Å²) in [5, 5.41) is 11.2. The van der Waals surface area contributed by atoms with E-state index in [-0.39, 0.29) is 5.91 Å². The number of nitrogens with zero attached hydrogens (tertiary/aromatic N) is 2.